The number of hydrogen-bond donors (Lipinski definition) is 3. The highest BCUT2D eigenvalue weighted by atomic mass is 79.9. The number of hydrogen-bond acceptors (Lipinski definition) is 7. The number of halogens is 1. The Morgan fingerprint density at radius 1 is 1.33 bits per heavy atom. The Kier molecular flexibility index (Phi) is 4.05. The average molecular weight is 313 g/mol. The average Bonchev–Trinajstić information content (AvgIpc) is 2.77. The first-order valence-corrected chi connectivity index (χ1v) is 6.05. The van der Waals surface area contributed by atoms with E-state index in [1.165, 1.54) is 6.33 Å². The maximum absolute atomic E-state index is 5.32. The molecule has 0 saturated carbocycles. The number of nitrogens with two attached hydrogens (primary N) is 1. The third-order valence-electron chi connectivity index (χ3n) is 2.21. The summed E-state index contributed by atoms with van der Waals surface area (Å²) in [5, 5.41) is 7.35. The summed E-state index contributed by atoms with van der Waals surface area (Å²) in [6.07, 6.45) is 3.82. The van der Waals surface area contributed by atoms with Crippen LogP contribution in [-0.2, 0) is 13.5 Å². The van der Waals surface area contributed by atoms with Gasteiger partial charge in [-0.3, -0.25) is 4.68 Å². The van der Waals surface area contributed by atoms with E-state index in [2.05, 4.69) is 46.7 Å². The zero-order chi connectivity index (χ0) is 13.0. The summed E-state index contributed by atoms with van der Waals surface area (Å²) in [6, 6.07) is 0. The Labute approximate surface area is 112 Å². The Hall–Kier alpha value is -1.74. The first-order chi connectivity index (χ1) is 8.70. The molecule has 0 aliphatic rings. The molecule has 8 nitrogen and oxygen atoms in total. The molecule has 18 heavy (non-hydrogen) atoms. The first-order valence-electron chi connectivity index (χ1n) is 5.26. The molecule has 0 radical (unpaired) electrons. The minimum Gasteiger partial charge on any atom is -0.369 e. The Morgan fingerprint density at radius 3 is 2.78 bits per heavy atom. The highest BCUT2D eigenvalue weighted by molar-refractivity contribution is 9.10. The van der Waals surface area contributed by atoms with Crippen LogP contribution >= 0.6 is 15.9 Å². The molecule has 0 fully saturated rings. The van der Waals surface area contributed by atoms with Crippen LogP contribution in [0.25, 0.3) is 0 Å². The number of nitrogens with zero attached hydrogens (tertiary/aromatic N) is 5. The van der Waals surface area contributed by atoms with Gasteiger partial charge in [-0.25, -0.2) is 20.8 Å². The SMILES string of the molecule is Cn1cnc(CCNc2ncnc(NN)c2Br)n1. The normalized spacial score (nSPS) is 10.4. The van der Waals surface area contributed by atoms with Crippen molar-refractivity contribution in [2.75, 3.05) is 17.3 Å². The fourth-order valence-electron chi connectivity index (χ4n) is 1.38. The number of aromatic nitrogens is 5. The molecule has 96 valence electrons. The van der Waals surface area contributed by atoms with E-state index in [0.29, 0.717) is 29.1 Å². The summed E-state index contributed by atoms with van der Waals surface area (Å²) >= 11 is 3.37. The second-order valence-corrected chi connectivity index (χ2v) is 4.33. The summed E-state index contributed by atoms with van der Waals surface area (Å²) in [4.78, 5) is 12.2. The second kappa shape index (κ2) is 5.74. The van der Waals surface area contributed by atoms with Crippen LogP contribution < -0.4 is 16.6 Å². The Bertz CT molecular complexity index is 525. The van der Waals surface area contributed by atoms with Crippen molar-refractivity contribution in [3.8, 4) is 0 Å². The van der Waals surface area contributed by atoms with Gasteiger partial charge in [-0.05, 0) is 15.9 Å². The fourth-order valence-corrected chi connectivity index (χ4v) is 1.84. The minimum atomic E-state index is 0.531. The van der Waals surface area contributed by atoms with E-state index in [4.69, 9.17) is 5.84 Å². The lowest BCUT2D eigenvalue weighted by molar-refractivity contribution is 0.741. The smallest absolute Gasteiger partial charge is 0.159 e. The number of hydrazine groups is 1. The molecule has 2 aromatic rings. The van der Waals surface area contributed by atoms with Gasteiger partial charge in [0.25, 0.3) is 0 Å². The quantitative estimate of drug-likeness (QED) is 0.538. The van der Waals surface area contributed by atoms with Gasteiger partial charge < -0.3 is 10.7 Å². The molecular formula is C9H13BrN8. The molecule has 0 saturated heterocycles. The monoisotopic (exact) mass is 312 g/mol. The zero-order valence-corrected chi connectivity index (χ0v) is 11.3. The minimum absolute atomic E-state index is 0.531. The van der Waals surface area contributed by atoms with Crippen LogP contribution in [0.1, 0.15) is 5.82 Å². The lowest BCUT2D eigenvalue weighted by Gasteiger charge is -2.08. The van der Waals surface area contributed by atoms with Gasteiger partial charge in [0.05, 0.1) is 0 Å². The van der Waals surface area contributed by atoms with Crippen molar-refractivity contribution in [1.82, 2.24) is 24.7 Å². The topological polar surface area (TPSA) is 107 Å². The van der Waals surface area contributed by atoms with Crippen LogP contribution in [0.5, 0.6) is 0 Å². The predicted octanol–water partition coefficient (Wildman–Crippen LogP) is 0.308. The van der Waals surface area contributed by atoms with E-state index in [1.807, 2.05) is 7.05 Å². The van der Waals surface area contributed by atoms with Gasteiger partial charge >= 0.3 is 0 Å². The zero-order valence-electron chi connectivity index (χ0n) is 9.76. The van der Waals surface area contributed by atoms with Crippen molar-refractivity contribution in [3.05, 3.63) is 23.0 Å². The van der Waals surface area contributed by atoms with Crippen LogP contribution in [0, 0.1) is 0 Å². The van der Waals surface area contributed by atoms with Crippen molar-refractivity contribution in [1.29, 1.82) is 0 Å². The van der Waals surface area contributed by atoms with Crippen molar-refractivity contribution < 1.29 is 0 Å². The summed E-state index contributed by atoms with van der Waals surface area (Å²) in [7, 11) is 1.84. The standard InChI is InChI=1S/C9H13BrN8/c1-18-5-15-6(17-18)2-3-12-8-7(10)9(16-11)14-4-13-8/h4-5H,2-3,11H2,1H3,(H2,12,13,14,16). The maximum atomic E-state index is 5.32. The van der Waals surface area contributed by atoms with Gasteiger partial charge in [0.2, 0.25) is 0 Å². The Balaban J connectivity index is 1.94. The third kappa shape index (κ3) is 2.93. The molecule has 0 atom stereocenters. The van der Waals surface area contributed by atoms with Crippen molar-refractivity contribution >= 4 is 27.6 Å². The van der Waals surface area contributed by atoms with Crippen LogP contribution in [0.15, 0.2) is 17.1 Å². The number of nitrogen functional groups attached to an aromatic ring is 1. The lowest BCUT2D eigenvalue weighted by Crippen LogP contribution is -2.13. The van der Waals surface area contributed by atoms with E-state index < -0.39 is 0 Å². The van der Waals surface area contributed by atoms with Gasteiger partial charge in [0.1, 0.15) is 22.9 Å². The molecule has 0 aliphatic heterocycles. The van der Waals surface area contributed by atoms with Gasteiger partial charge in [-0.2, -0.15) is 5.10 Å². The van der Waals surface area contributed by atoms with Crippen LogP contribution in [0.2, 0.25) is 0 Å². The van der Waals surface area contributed by atoms with E-state index in [0.717, 1.165) is 5.82 Å². The van der Waals surface area contributed by atoms with Gasteiger partial charge in [0, 0.05) is 20.0 Å². The third-order valence-corrected chi connectivity index (χ3v) is 2.97. The van der Waals surface area contributed by atoms with Crippen LogP contribution in [0.4, 0.5) is 11.6 Å². The molecule has 2 heterocycles. The highest BCUT2D eigenvalue weighted by Gasteiger charge is 2.07. The maximum Gasteiger partial charge on any atom is 0.159 e. The number of anilines is 2. The van der Waals surface area contributed by atoms with Gasteiger partial charge in [-0.15, -0.1) is 0 Å². The van der Waals surface area contributed by atoms with Crippen molar-refractivity contribution in [3.63, 3.8) is 0 Å². The van der Waals surface area contributed by atoms with E-state index in [9.17, 15) is 0 Å². The number of aryl methyl sites for hydroxylation is 1. The summed E-state index contributed by atoms with van der Waals surface area (Å²) in [5.74, 6) is 7.31. The van der Waals surface area contributed by atoms with E-state index in [1.54, 1.807) is 11.0 Å². The largest absolute Gasteiger partial charge is 0.369 e. The molecule has 2 rings (SSSR count). The molecule has 0 aromatic carbocycles. The summed E-state index contributed by atoms with van der Waals surface area (Å²) in [6.45, 7) is 0.670. The summed E-state index contributed by atoms with van der Waals surface area (Å²) < 4.78 is 2.37. The van der Waals surface area contributed by atoms with Crippen molar-refractivity contribution in [2.45, 2.75) is 6.42 Å². The lowest BCUT2D eigenvalue weighted by atomic mass is 10.4. The molecular weight excluding hydrogens is 300 g/mol. The predicted molar refractivity (Wildman–Crippen MR) is 70.7 cm³/mol. The molecule has 0 amide bonds. The van der Waals surface area contributed by atoms with Crippen molar-refractivity contribution in [2.24, 2.45) is 12.9 Å². The van der Waals surface area contributed by atoms with Crippen LogP contribution in [-0.4, -0.2) is 31.3 Å². The molecule has 0 unspecified atom stereocenters. The first kappa shape index (κ1) is 12.7. The highest BCUT2D eigenvalue weighted by Crippen LogP contribution is 2.25. The van der Waals surface area contributed by atoms with E-state index >= 15 is 0 Å². The molecule has 4 N–H and O–H groups in total. The number of nitrogens with one attached hydrogen (secondary N) is 2. The molecule has 9 heteroatoms. The van der Waals surface area contributed by atoms with E-state index in [-0.39, 0.29) is 0 Å². The fraction of sp³-hybridized carbons (Fsp3) is 0.333. The van der Waals surface area contributed by atoms with Crippen LogP contribution in [0.3, 0.4) is 0 Å². The molecule has 0 bridgehead atoms. The second-order valence-electron chi connectivity index (χ2n) is 3.54. The molecule has 0 spiro atoms. The number of rotatable bonds is 5. The summed E-state index contributed by atoms with van der Waals surface area (Å²) in [5.41, 5.74) is 2.48. The van der Waals surface area contributed by atoms with Gasteiger partial charge in [0.15, 0.2) is 11.6 Å². The molecule has 0 aliphatic carbocycles. The Morgan fingerprint density at radius 2 is 2.11 bits per heavy atom. The molecule has 2 aromatic heterocycles. The van der Waals surface area contributed by atoms with Gasteiger partial charge in [-0.1, -0.05) is 0 Å².